The smallest absolute Gasteiger partial charge is 0.296 e. The Hall–Kier alpha value is -3.08. The van der Waals surface area contributed by atoms with Crippen molar-refractivity contribution in [2.45, 2.75) is 13.5 Å². The summed E-state index contributed by atoms with van der Waals surface area (Å²) in [5.41, 5.74) is 1.34. The summed E-state index contributed by atoms with van der Waals surface area (Å²) in [6.45, 7) is 2.54. The van der Waals surface area contributed by atoms with E-state index in [4.69, 9.17) is 4.74 Å². The Kier molecular flexibility index (Phi) is 4.33. The Morgan fingerprint density at radius 1 is 0.958 bits per heavy atom. The molecule has 1 aliphatic heterocycles. The Bertz CT molecular complexity index is 794. The molecule has 5 heteroatoms. The Labute approximate surface area is 139 Å². The average Bonchev–Trinajstić information content (AvgIpc) is 2.81. The van der Waals surface area contributed by atoms with E-state index in [9.17, 15) is 14.7 Å². The third-order valence-corrected chi connectivity index (χ3v) is 3.78. The van der Waals surface area contributed by atoms with Crippen LogP contribution in [-0.4, -0.2) is 28.4 Å². The van der Waals surface area contributed by atoms with Gasteiger partial charge < -0.3 is 9.84 Å². The molecular formula is C19H17NO4. The predicted molar refractivity (Wildman–Crippen MR) is 89.2 cm³/mol. The van der Waals surface area contributed by atoms with Gasteiger partial charge >= 0.3 is 0 Å². The van der Waals surface area contributed by atoms with E-state index in [1.165, 1.54) is 0 Å². The van der Waals surface area contributed by atoms with Gasteiger partial charge in [-0.05, 0) is 30.2 Å². The molecule has 0 spiro atoms. The van der Waals surface area contributed by atoms with Crippen LogP contribution in [-0.2, 0) is 16.1 Å². The zero-order valence-electron chi connectivity index (χ0n) is 13.2. The molecule has 0 atom stereocenters. The molecule has 2 aromatic carbocycles. The van der Waals surface area contributed by atoms with Crippen LogP contribution in [0.25, 0.3) is 5.57 Å². The van der Waals surface area contributed by atoms with Crippen molar-refractivity contribution in [3.8, 4) is 5.75 Å². The molecular weight excluding hydrogens is 306 g/mol. The first-order chi connectivity index (χ1) is 11.6. The number of hydrogen-bond donors (Lipinski definition) is 1. The van der Waals surface area contributed by atoms with Crippen LogP contribution < -0.4 is 4.74 Å². The van der Waals surface area contributed by atoms with Gasteiger partial charge in [-0.2, -0.15) is 0 Å². The van der Waals surface area contributed by atoms with Crippen molar-refractivity contribution in [3.63, 3.8) is 0 Å². The topological polar surface area (TPSA) is 66.8 Å². The molecule has 0 saturated heterocycles. The molecule has 2 amide bonds. The zero-order valence-corrected chi connectivity index (χ0v) is 13.2. The van der Waals surface area contributed by atoms with Gasteiger partial charge in [0.15, 0.2) is 5.76 Å². The first-order valence-corrected chi connectivity index (χ1v) is 7.68. The molecule has 24 heavy (non-hydrogen) atoms. The molecule has 1 aliphatic rings. The van der Waals surface area contributed by atoms with Gasteiger partial charge in [-0.15, -0.1) is 0 Å². The lowest BCUT2D eigenvalue weighted by Gasteiger charge is -2.14. The van der Waals surface area contributed by atoms with E-state index in [1.54, 1.807) is 24.3 Å². The molecule has 0 unspecified atom stereocenters. The van der Waals surface area contributed by atoms with Crippen molar-refractivity contribution in [2.24, 2.45) is 0 Å². The van der Waals surface area contributed by atoms with Gasteiger partial charge in [0.05, 0.1) is 18.7 Å². The summed E-state index contributed by atoms with van der Waals surface area (Å²) in [5.74, 6) is -1.02. The first kappa shape index (κ1) is 15.8. The second kappa shape index (κ2) is 6.58. The van der Waals surface area contributed by atoms with Crippen molar-refractivity contribution in [3.05, 3.63) is 71.5 Å². The molecule has 5 nitrogen and oxygen atoms in total. The fourth-order valence-corrected chi connectivity index (χ4v) is 2.62. The maximum atomic E-state index is 12.6. The van der Waals surface area contributed by atoms with Crippen LogP contribution in [0.4, 0.5) is 0 Å². The number of rotatable bonds is 5. The number of ether oxygens (including phenoxy) is 1. The van der Waals surface area contributed by atoms with Gasteiger partial charge in [0, 0.05) is 0 Å². The standard InChI is InChI=1S/C19H17NO4/c1-2-24-15-10-8-14(9-11-15)16-17(21)19(23)20(18(16)22)12-13-6-4-3-5-7-13/h3-11,21H,2,12H2,1H3. The van der Waals surface area contributed by atoms with E-state index in [0.717, 1.165) is 10.5 Å². The molecule has 3 rings (SSSR count). The molecule has 1 N–H and O–H groups in total. The highest BCUT2D eigenvalue weighted by molar-refractivity contribution is 6.34. The maximum Gasteiger partial charge on any atom is 0.296 e. The highest BCUT2D eigenvalue weighted by atomic mass is 16.5. The highest BCUT2D eigenvalue weighted by Crippen LogP contribution is 2.30. The van der Waals surface area contributed by atoms with E-state index in [1.807, 2.05) is 37.3 Å². The lowest BCUT2D eigenvalue weighted by atomic mass is 10.1. The maximum absolute atomic E-state index is 12.6. The van der Waals surface area contributed by atoms with Crippen molar-refractivity contribution < 1.29 is 19.4 Å². The van der Waals surface area contributed by atoms with Crippen LogP contribution in [0.1, 0.15) is 18.1 Å². The molecule has 0 saturated carbocycles. The summed E-state index contributed by atoms with van der Waals surface area (Å²) in [5, 5.41) is 10.1. The number of imide groups is 1. The van der Waals surface area contributed by atoms with E-state index < -0.39 is 17.6 Å². The normalized spacial score (nSPS) is 14.5. The number of carbonyl (C=O) groups is 2. The van der Waals surface area contributed by atoms with Gasteiger partial charge in [0.25, 0.3) is 11.8 Å². The average molecular weight is 323 g/mol. The lowest BCUT2D eigenvalue weighted by Crippen LogP contribution is -2.31. The second-order valence-electron chi connectivity index (χ2n) is 5.36. The Morgan fingerprint density at radius 2 is 1.62 bits per heavy atom. The predicted octanol–water partition coefficient (Wildman–Crippen LogP) is 2.92. The number of carbonyl (C=O) groups excluding carboxylic acids is 2. The van der Waals surface area contributed by atoms with Crippen LogP contribution in [0.5, 0.6) is 5.75 Å². The van der Waals surface area contributed by atoms with Crippen LogP contribution in [0, 0.1) is 0 Å². The Morgan fingerprint density at radius 3 is 2.25 bits per heavy atom. The molecule has 0 aliphatic carbocycles. The lowest BCUT2D eigenvalue weighted by molar-refractivity contribution is -0.138. The molecule has 122 valence electrons. The molecule has 2 aromatic rings. The fraction of sp³-hybridized carbons (Fsp3) is 0.158. The minimum absolute atomic E-state index is 0.0268. The number of hydrogen-bond acceptors (Lipinski definition) is 4. The van der Waals surface area contributed by atoms with E-state index >= 15 is 0 Å². The number of aliphatic hydroxyl groups is 1. The number of nitrogens with zero attached hydrogens (tertiary/aromatic N) is 1. The van der Waals surface area contributed by atoms with Gasteiger partial charge in [0.2, 0.25) is 0 Å². The SMILES string of the molecule is CCOc1ccc(C2=C(O)C(=O)N(Cc3ccccc3)C2=O)cc1. The fourth-order valence-electron chi connectivity index (χ4n) is 2.62. The van der Waals surface area contributed by atoms with E-state index in [0.29, 0.717) is 17.9 Å². The zero-order chi connectivity index (χ0) is 17.1. The number of aliphatic hydroxyl groups excluding tert-OH is 1. The van der Waals surface area contributed by atoms with E-state index in [2.05, 4.69) is 0 Å². The third-order valence-electron chi connectivity index (χ3n) is 3.78. The van der Waals surface area contributed by atoms with Gasteiger partial charge in [0.1, 0.15) is 5.75 Å². The van der Waals surface area contributed by atoms with Crippen molar-refractivity contribution in [1.29, 1.82) is 0 Å². The third kappa shape index (κ3) is 2.88. The Balaban J connectivity index is 1.86. The van der Waals surface area contributed by atoms with Gasteiger partial charge in [-0.25, -0.2) is 0 Å². The van der Waals surface area contributed by atoms with Crippen LogP contribution >= 0.6 is 0 Å². The molecule has 0 aromatic heterocycles. The molecule has 0 radical (unpaired) electrons. The summed E-state index contributed by atoms with van der Waals surface area (Å²) in [7, 11) is 0. The van der Waals surface area contributed by atoms with Crippen molar-refractivity contribution in [2.75, 3.05) is 6.61 Å². The number of amides is 2. The minimum Gasteiger partial charge on any atom is -0.502 e. The number of benzene rings is 2. The molecule has 0 bridgehead atoms. The van der Waals surface area contributed by atoms with Crippen molar-refractivity contribution >= 4 is 17.4 Å². The first-order valence-electron chi connectivity index (χ1n) is 7.68. The summed E-state index contributed by atoms with van der Waals surface area (Å²) in [6, 6.07) is 15.9. The van der Waals surface area contributed by atoms with Crippen molar-refractivity contribution in [1.82, 2.24) is 4.90 Å². The van der Waals surface area contributed by atoms with E-state index in [-0.39, 0.29) is 12.1 Å². The van der Waals surface area contributed by atoms with Crippen LogP contribution in [0.15, 0.2) is 60.4 Å². The minimum atomic E-state index is -0.673. The molecule has 0 fully saturated rings. The quantitative estimate of drug-likeness (QED) is 0.859. The van der Waals surface area contributed by atoms with Crippen LogP contribution in [0.2, 0.25) is 0 Å². The monoisotopic (exact) mass is 323 g/mol. The molecule has 1 heterocycles. The largest absolute Gasteiger partial charge is 0.502 e. The van der Waals surface area contributed by atoms with Gasteiger partial charge in [-0.3, -0.25) is 14.5 Å². The highest BCUT2D eigenvalue weighted by Gasteiger charge is 2.39. The second-order valence-corrected chi connectivity index (χ2v) is 5.36. The summed E-state index contributed by atoms with van der Waals surface area (Å²) in [4.78, 5) is 25.9. The van der Waals surface area contributed by atoms with Crippen LogP contribution in [0.3, 0.4) is 0 Å². The summed E-state index contributed by atoms with van der Waals surface area (Å²) >= 11 is 0. The van der Waals surface area contributed by atoms with Gasteiger partial charge in [-0.1, -0.05) is 42.5 Å². The summed E-state index contributed by atoms with van der Waals surface area (Å²) in [6.07, 6.45) is 0. The summed E-state index contributed by atoms with van der Waals surface area (Å²) < 4.78 is 5.36.